The van der Waals surface area contributed by atoms with E-state index in [-0.39, 0.29) is 16.5 Å². The molecule has 8 heteroatoms. The van der Waals surface area contributed by atoms with Crippen LogP contribution < -0.4 is 4.72 Å². The Morgan fingerprint density at radius 2 is 2.00 bits per heavy atom. The number of ether oxygens (including phenoxy) is 1. The van der Waals surface area contributed by atoms with Crippen molar-refractivity contribution < 1.29 is 23.1 Å². The quantitative estimate of drug-likeness (QED) is 0.847. The minimum Gasteiger partial charge on any atom is -0.478 e. The molecule has 0 spiro atoms. The van der Waals surface area contributed by atoms with E-state index < -0.39 is 16.0 Å². The molecule has 2 N–H and O–H groups in total. The Morgan fingerprint density at radius 3 is 2.60 bits per heavy atom. The van der Waals surface area contributed by atoms with Crippen molar-refractivity contribution in [2.45, 2.75) is 23.8 Å². The Balaban J connectivity index is 2.24. The van der Waals surface area contributed by atoms with Gasteiger partial charge in [0.25, 0.3) is 0 Å². The van der Waals surface area contributed by atoms with Crippen molar-refractivity contribution in [3.05, 3.63) is 28.2 Å². The molecule has 0 aromatic heterocycles. The van der Waals surface area contributed by atoms with E-state index in [9.17, 15) is 13.2 Å². The summed E-state index contributed by atoms with van der Waals surface area (Å²) in [5, 5.41) is 9.02. The van der Waals surface area contributed by atoms with Gasteiger partial charge in [-0.2, -0.15) is 0 Å². The molecule has 1 aliphatic heterocycles. The van der Waals surface area contributed by atoms with Gasteiger partial charge in [-0.15, -0.1) is 0 Å². The molecule has 1 fully saturated rings. The molecule has 110 valence electrons. The lowest BCUT2D eigenvalue weighted by Gasteiger charge is -2.23. The topological polar surface area (TPSA) is 92.7 Å². The van der Waals surface area contributed by atoms with Crippen LogP contribution in [0.1, 0.15) is 23.2 Å². The molecule has 2 rings (SSSR count). The van der Waals surface area contributed by atoms with E-state index in [0.717, 1.165) is 6.07 Å². The third kappa shape index (κ3) is 3.57. The Hall–Kier alpha value is -0.960. The summed E-state index contributed by atoms with van der Waals surface area (Å²) in [6, 6.07) is 3.76. The van der Waals surface area contributed by atoms with Crippen molar-refractivity contribution in [2.24, 2.45) is 0 Å². The highest BCUT2D eigenvalue weighted by Crippen LogP contribution is 2.22. The van der Waals surface area contributed by atoms with Gasteiger partial charge in [0.2, 0.25) is 10.0 Å². The molecule has 0 amide bonds. The first-order chi connectivity index (χ1) is 9.40. The summed E-state index contributed by atoms with van der Waals surface area (Å²) >= 11 is 3.08. The third-order valence-electron chi connectivity index (χ3n) is 3.02. The number of rotatable bonds is 4. The summed E-state index contributed by atoms with van der Waals surface area (Å²) in [5.41, 5.74) is -0.0835. The van der Waals surface area contributed by atoms with Crippen LogP contribution in [0.2, 0.25) is 0 Å². The summed E-state index contributed by atoms with van der Waals surface area (Å²) in [6.45, 7) is 1.04. The van der Waals surface area contributed by atoms with Crippen LogP contribution in [-0.2, 0) is 14.8 Å². The average molecular weight is 364 g/mol. The lowest BCUT2D eigenvalue weighted by atomic mass is 10.1. The van der Waals surface area contributed by atoms with Crippen LogP contribution in [0, 0.1) is 0 Å². The molecule has 0 unspecified atom stereocenters. The first kappa shape index (κ1) is 15.4. The molecule has 1 aromatic carbocycles. The number of halogens is 1. The zero-order valence-electron chi connectivity index (χ0n) is 10.5. The molecule has 1 aliphatic rings. The number of carboxylic acid groups (broad SMARTS) is 1. The number of carbonyl (C=O) groups is 1. The molecule has 1 aromatic rings. The monoisotopic (exact) mass is 363 g/mol. The predicted molar refractivity (Wildman–Crippen MR) is 75.3 cm³/mol. The lowest BCUT2D eigenvalue weighted by Crippen LogP contribution is -2.38. The van der Waals surface area contributed by atoms with Gasteiger partial charge in [-0.05, 0) is 47.0 Å². The van der Waals surface area contributed by atoms with Crippen molar-refractivity contribution in [3.8, 4) is 0 Å². The normalized spacial score (nSPS) is 17.1. The van der Waals surface area contributed by atoms with Crippen molar-refractivity contribution in [3.63, 3.8) is 0 Å². The molecule has 20 heavy (non-hydrogen) atoms. The molecule has 6 nitrogen and oxygen atoms in total. The van der Waals surface area contributed by atoms with E-state index >= 15 is 0 Å². The maximum absolute atomic E-state index is 12.2. The number of carboxylic acids is 1. The molecular formula is C12H14BrNO5S. The molecule has 0 bridgehead atoms. The van der Waals surface area contributed by atoms with Crippen LogP contribution in [0.3, 0.4) is 0 Å². The minimum absolute atomic E-state index is 0.0513. The zero-order valence-corrected chi connectivity index (χ0v) is 12.9. The summed E-state index contributed by atoms with van der Waals surface area (Å²) in [5.74, 6) is -1.18. The van der Waals surface area contributed by atoms with E-state index in [1.165, 1.54) is 12.1 Å². The Labute approximate surface area is 125 Å². The molecule has 0 atom stereocenters. The molecule has 1 heterocycles. The highest BCUT2D eigenvalue weighted by Gasteiger charge is 2.23. The lowest BCUT2D eigenvalue weighted by molar-refractivity contribution is 0.0695. The van der Waals surface area contributed by atoms with Gasteiger partial charge in [0.1, 0.15) is 0 Å². The maximum Gasteiger partial charge on any atom is 0.336 e. The number of benzene rings is 1. The first-order valence-electron chi connectivity index (χ1n) is 6.03. The second-order valence-corrected chi connectivity index (χ2v) is 7.02. The van der Waals surface area contributed by atoms with Gasteiger partial charge in [-0.3, -0.25) is 0 Å². The first-order valence-corrected chi connectivity index (χ1v) is 8.31. The molecular weight excluding hydrogens is 350 g/mol. The number of sulfonamides is 1. The second-order valence-electron chi connectivity index (χ2n) is 4.45. The Bertz CT molecular complexity index is 610. The van der Waals surface area contributed by atoms with Gasteiger partial charge in [0.15, 0.2) is 0 Å². The van der Waals surface area contributed by atoms with E-state index in [1.807, 2.05) is 0 Å². The fourth-order valence-corrected chi connectivity index (χ4v) is 3.69. The molecule has 0 aliphatic carbocycles. The van der Waals surface area contributed by atoms with E-state index in [2.05, 4.69) is 20.7 Å². The number of hydrogen-bond donors (Lipinski definition) is 2. The third-order valence-corrected chi connectivity index (χ3v) is 5.23. The fraction of sp³-hybridized carbons (Fsp3) is 0.417. The van der Waals surface area contributed by atoms with Crippen molar-refractivity contribution >= 4 is 31.9 Å². The van der Waals surface area contributed by atoms with E-state index in [0.29, 0.717) is 30.5 Å². The number of aromatic carboxylic acids is 1. The molecule has 0 saturated carbocycles. The minimum atomic E-state index is -3.72. The second kappa shape index (κ2) is 6.21. The Morgan fingerprint density at radius 1 is 1.35 bits per heavy atom. The zero-order chi connectivity index (χ0) is 14.8. The molecule has 0 radical (unpaired) electrons. The van der Waals surface area contributed by atoms with Crippen LogP contribution in [-0.4, -0.2) is 38.7 Å². The highest BCUT2D eigenvalue weighted by molar-refractivity contribution is 9.10. The summed E-state index contributed by atoms with van der Waals surface area (Å²) in [6.07, 6.45) is 1.23. The summed E-state index contributed by atoms with van der Waals surface area (Å²) < 4.78 is 32.5. The summed E-state index contributed by atoms with van der Waals surface area (Å²) in [7, 11) is -3.72. The maximum atomic E-state index is 12.2. The smallest absolute Gasteiger partial charge is 0.336 e. The van der Waals surface area contributed by atoms with E-state index in [1.54, 1.807) is 0 Å². The van der Waals surface area contributed by atoms with Crippen LogP contribution in [0.4, 0.5) is 0 Å². The van der Waals surface area contributed by atoms with Crippen LogP contribution in [0.15, 0.2) is 27.6 Å². The van der Waals surface area contributed by atoms with Gasteiger partial charge in [0.05, 0.1) is 10.5 Å². The number of hydrogen-bond acceptors (Lipinski definition) is 4. The van der Waals surface area contributed by atoms with Crippen LogP contribution in [0.5, 0.6) is 0 Å². The summed E-state index contributed by atoms with van der Waals surface area (Å²) in [4.78, 5) is 11.0. The van der Waals surface area contributed by atoms with Gasteiger partial charge < -0.3 is 9.84 Å². The molecule has 1 saturated heterocycles. The van der Waals surface area contributed by atoms with Crippen molar-refractivity contribution in [1.29, 1.82) is 0 Å². The average Bonchev–Trinajstić information content (AvgIpc) is 2.39. The largest absolute Gasteiger partial charge is 0.478 e. The highest BCUT2D eigenvalue weighted by atomic mass is 79.9. The van der Waals surface area contributed by atoms with Crippen molar-refractivity contribution in [1.82, 2.24) is 4.72 Å². The standard InChI is InChI=1S/C12H14BrNO5S/c13-11-2-1-9(7-10(11)12(15)16)20(17,18)14-8-3-5-19-6-4-8/h1-2,7-8,14H,3-6H2,(H,15,16). The Kier molecular flexibility index (Phi) is 4.79. The van der Waals surface area contributed by atoms with Gasteiger partial charge in [-0.25, -0.2) is 17.9 Å². The van der Waals surface area contributed by atoms with Gasteiger partial charge in [-0.1, -0.05) is 0 Å². The van der Waals surface area contributed by atoms with Crippen molar-refractivity contribution in [2.75, 3.05) is 13.2 Å². The predicted octanol–water partition coefficient (Wildman–Crippen LogP) is 1.60. The van der Waals surface area contributed by atoms with E-state index in [4.69, 9.17) is 9.84 Å². The number of nitrogens with one attached hydrogen (secondary N) is 1. The van der Waals surface area contributed by atoms with Gasteiger partial charge in [0, 0.05) is 23.7 Å². The van der Waals surface area contributed by atoms with Crippen LogP contribution >= 0.6 is 15.9 Å². The van der Waals surface area contributed by atoms with Crippen LogP contribution in [0.25, 0.3) is 0 Å². The fourth-order valence-electron chi connectivity index (χ4n) is 1.94. The van der Waals surface area contributed by atoms with Gasteiger partial charge >= 0.3 is 5.97 Å². The SMILES string of the molecule is O=C(O)c1cc(S(=O)(=O)NC2CCOCC2)ccc1Br.